The summed E-state index contributed by atoms with van der Waals surface area (Å²) in [5, 5.41) is 1.67. The molecular formula is C28H42N4O4S2. The molecule has 8 nitrogen and oxygen atoms in total. The molecule has 3 heterocycles. The van der Waals surface area contributed by atoms with Gasteiger partial charge in [-0.2, -0.15) is 8.61 Å². The van der Waals surface area contributed by atoms with Crippen LogP contribution in [-0.2, 0) is 20.0 Å². The second-order valence-corrected chi connectivity index (χ2v) is 15.1. The van der Waals surface area contributed by atoms with Gasteiger partial charge in [-0.15, -0.1) is 0 Å². The molecule has 0 saturated carbocycles. The van der Waals surface area contributed by atoms with Gasteiger partial charge >= 0.3 is 0 Å². The third kappa shape index (κ3) is 6.10. The summed E-state index contributed by atoms with van der Waals surface area (Å²) < 4.78 is 56.7. The molecule has 0 spiro atoms. The van der Waals surface area contributed by atoms with Gasteiger partial charge in [-0.1, -0.05) is 42.8 Å². The van der Waals surface area contributed by atoms with Crippen molar-refractivity contribution in [1.29, 1.82) is 0 Å². The molecule has 2 aromatic rings. The topological polar surface area (TPSA) is 81.2 Å². The van der Waals surface area contributed by atoms with Crippen LogP contribution in [0.4, 0.5) is 0 Å². The highest BCUT2D eigenvalue weighted by molar-refractivity contribution is 7.89. The van der Waals surface area contributed by atoms with E-state index < -0.39 is 20.0 Å². The van der Waals surface area contributed by atoms with Gasteiger partial charge in [0.05, 0.1) is 10.6 Å². The molecule has 2 aromatic carbocycles. The Kier molecular flexibility index (Phi) is 8.76. The van der Waals surface area contributed by atoms with Crippen LogP contribution in [0, 0.1) is 0 Å². The smallest absolute Gasteiger partial charge is 0.243 e. The van der Waals surface area contributed by atoms with Gasteiger partial charge in [-0.25, -0.2) is 16.8 Å². The fraction of sp³-hybridized carbons (Fsp3) is 0.643. The number of hydrogen-bond acceptors (Lipinski definition) is 6. The van der Waals surface area contributed by atoms with Crippen LogP contribution < -0.4 is 0 Å². The molecule has 0 aromatic heterocycles. The van der Waals surface area contributed by atoms with Gasteiger partial charge in [0.25, 0.3) is 0 Å². The number of nitrogens with zero attached hydrogens (tertiary/aromatic N) is 4. The summed E-state index contributed by atoms with van der Waals surface area (Å²) in [5.41, 5.74) is 0. The number of unbranched alkanes of at least 4 members (excludes halogenated alkanes) is 1. The first kappa shape index (κ1) is 28.0. The van der Waals surface area contributed by atoms with Crippen LogP contribution in [0.15, 0.2) is 47.4 Å². The standard InChI is InChI=1S/C28H42N4O4S2/c1-29-17-14-25(15-18-29)30-19-21-31(22-20-30)37(33,34)23-5-4-10-26-11-7-16-32(26)38(35,36)28-13-6-9-24-8-2-3-12-27(24)28/h2-3,6,8-9,12-13,25-26H,4-5,7,10-11,14-23H2,1H3. The highest BCUT2D eigenvalue weighted by atomic mass is 32.2. The highest BCUT2D eigenvalue weighted by Gasteiger charge is 2.36. The van der Waals surface area contributed by atoms with Gasteiger partial charge in [0, 0.05) is 50.2 Å². The Balaban J connectivity index is 1.12. The van der Waals surface area contributed by atoms with Crippen molar-refractivity contribution in [3.63, 3.8) is 0 Å². The predicted molar refractivity (Wildman–Crippen MR) is 152 cm³/mol. The minimum absolute atomic E-state index is 0.0697. The number of sulfonamides is 2. The number of piperidine rings is 1. The van der Waals surface area contributed by atoms with Gasteiger partial charge in [-0.3, -0.25) is 4.90 Å². The number of likely N-dealkylation sites (tertiary alicyclic amines) is 1. The van der Waals surface area contributed by atoms with Crippen LogP contribution in [-0.4, -0.2) is 106 Å². The van der Waals surface area contributed by atoms with Crippen molar-refractivity contribution in [2.24, 2.45) is 0 Å². The molecule has 1 atom stereocenters. The van der Waals surface area contributed by atoms with Crippen molar-refractivity contribution in [1.82, 2.24) is 18.4 Å². The van der Waals surface area contributed by atoms with Gasteiger partial charge in [0.2, 0.25) is 20.0 Å². The van der Waals surface area contributed by atoms with Crippen molar-refractivity contribution >= 4 is 30.8 Å². The maximum atomic E-state index is 13.6. The monoisotopic (exact) mass is 562 g/mol. The summed E-state index contributed by atoms with van der Waals surface area (Å²) in [7, 11) is -4.74. The number of piperazine rings is 1. The average molecular weight is 563 g/mol. The number of hydrogen-bond donors (Lipinski definition) is 0. The Morgan fingerprint density at radius 3 is 2.26 bits per heavy atom. The minimum Gasteiger partial charge on any atom is -0.306 e. The molecule has 210 valence electrons. The van der Waals surface area contributed by atoms with Crippen LogP contribution in [0.5, 0.6) is 0 Å². The van der Waals surface area contributed by atoms with Crippen molar-refractivity contribution in [2.45, 2.75) is 61.9 Å². The Morgan fingerprint density at radius 2 is 1.50 bits per heavy atom. The molecule has 0 N–H and O–H groups in total. The van der Waals surface area contributed by atoms with E-state index in [0.29, 0.717) is 49.8 Å². The van der Waals surface area contributed by atoms with E-state index in [0.717, 1.165) is 62.6 Å². The van der Waals surface area contributed by atoms with E-state index in [9.17, 15) is 16.8 Å². The molecular weight excluding hydrogens is 520 g/mol. The first-order chi connectivity index (χ1) is 18.3. The summed E-state index contributed by atoms with van der Waals surface area (Å²) in [6, 6.07) is 13.5. The first-order valence-corrected chi connectivity index (χ1v) is 17.2. The molecule has 3 saturated heterocycles. The summed E-state index contributed by atoms with van der Waals surface area (Å²) in [4.78, 5) is 5.20. The predicted octanol–water partition coefficient (Wildman–Crippen LogP) is 3.20. The summed E-state index contributed by atoms with van der Waals surface area (Å²) >= 11 is 0. The largest absolute Gasteiger partial charge is 0.306 e. The molecule has 3 aliphatic rings. The molecule has 0 bridgehead atoms. The molecule has 3 aliphatic heterocycles. The molecule has 0 radical (unpaired) electrons. The maximum absolute atomic E-state index is 13.6. The fourth-order valence-electron chi connectivity index (χ4n) is 6.46. The zero-order valence-corrected chi connectivity index (χ0v) is 24.2. The van der Waals surface area contributed by atoms with Crippen molar-refractivity contribution in [3.8, 4) is 0 Å². The average Bonchev–Trinajstić information content (AvgIpc) is 3.41. The van der Waals surface area contributed by atoms with Gasteiger partial charge in [-0.05, 0) is 70.1 Å². The Labute approximate surface area is 228 Å². The molecule has 0 amide bonds. The molecule has 10 heteroatoms. The van der Waals surface area contributed by atoms with Crippen molar-refractivity contribution in [3.05, 3.63) is 42.5 Å². The highest BCUT2D eigenvalue weighted by Crippen LogP contribution is 2.32. The summed E-state index contributed by atoms with van der Waals surface area (Å²) in [6.45, 7) is 5.54. The van der Waals surface area contributed by atoms with Gasteiger partial charge in [0.15, 0.2) is 0 Å². The Morgan fingerprint density at radius 1 is 0.789 bits per heavy atom. The molecule has 38 heavy (non-hydrogen) atoms. The summed E-state index contributed by atoms with van der Waals surface area (Å²) in [6.07, 6.45) is 5.97. The van der Waals surface area contributed by atoms with E-state index >= 15 is 0 Å². The molecule has 5 rings (SSSR count). The first-order valence-electron chi connectivity index (χ1n) is 14.2. The SMILES string of the molecule is CN1CCC(N2CCN(S(=O)(=O)CCCCC3CCCN3S(=O)(=O)c3cccc4ccccc34)CC2)CC1. The molecule has 0 aliphatic carbocycles. The van der Waals surface area contributed by atoms with E-state index in [1.54, 1.807) is 20.7 Å². The Hall–Kier alpha value is -1.56. The lowest BCUT2D eigenvalue weighted by Crippen LogP contribution is -2.54. The van der Waals surface area contributed by atoms with E-state index in [2.05, 4.69) is 16.8 Å². The maximum Gasteiger partial charge on any atom is 0.243 e. The number of rotatable bonds is 9. The molecule has 3 fully saturated rings. The van der Waals surface area contributed by atoms with E-state index in [4.69, 9.17) is 0 Å². The van der Waals surface area contributed by atoms with Crippen LogP contribution in [0.2, 0.25) is 0 Å². The van der Waals surface area contributed by atoms with Gasteiger partial charge < -0.3 is 4.90 Å². The Bertz CT molecular complexity index is 1300. The van der Waals surface area contributed by atoms with Crippen LogP contribution in [0.1, 0.15) is 44.9 Å². The minimum atomic E-state index is -3.62. The molecule has 1 unspecified atom stereocenters. The van der Waals surface area contributed by atoms with Crippen LogP contribution in [0.3, 0.4) is 0 Å². The van der Waals surface area contributed by atoms with Gasteiger partial charge in [0.1, 0.15) is 0 Å². The third-order valence-electron chi connectivity index (χ3n) is 8.72. The normalized spacial score (nSPS) is 23.9. The summed E-state index contributed by atoms with van der Waals surface area (Å²) in [5.74, 6) is 0.143. The lowest BCUT2D eigenvalue weighted by atomic mass is 10.0. The second-order valence-electron chi connectivity index (χ2n) is 11.2. The van der Waals surface area contributed by atoms with Crippen molar-refractivity contribution < 1.29 is 16.8 Å². The third-order valence-corrected chi connectivity index (χ3v) is 12.7. The van der Waals surface area contributed by atoms with Crippen molar-refractivity contribution in [2.75, 3.05) is 58.6 Å². The van der Waals surface area contributed by atoms with Crippen LogP contribution in [0.25, 0.3) is 10.8 Å². The van der Waals surface area contributed by atoms with E-state index in [-0.39, 0.29) is 11.8 Å². The zero-order valence-electron chi connectivity index (χ0n) is 22.5. The van der Waals surface area contributed by atoms with Crippen LogP contribution >= 0.6 is 0 Å². The lowest BCUT2D eigenvalue weighted by molar-refractivity contribution is 0.0892. The fourth-order valence-corrected chi connectivity index (χ4v) is 9.95. The van der Waals surface area contributed by atoms with E-state index in [1.165, 1.54) is 0 Å². The quantitative estimate of drug-likeness (QED) is 0.437. The second kappa shape index (κ2) is 11.9. The lowest BCUT2D eigenvalue weighted by Gasteiger charge is -2.41. The number of fused-ring (bicyclic) bond motifs is 1. The van der Waals surface area contributed by atoms with E-state index in [1.807, 2.05) is 30.3 Å². The zero-order chi connectivity index (χ0) is 26.8. The number of benzene rings is 2.